The first-order valence-corrected chi connectivity index (χ1v) is 18.1. The molecule has 4 heterocycles. The molecule has 3 aromatic heterocycles. The van der Waals surface area contributed by atoms with E-state index in [9.17, 15) is 0 Å². The van der Waals surface area contributed by atoms with Gasteiger partial charge < -0.3 is 4.98 Å². The minimum Gasteiger partial charge on any atom is -0.337 e. The molecule has 53 heavy (non-hydrogen) atoms. The van der Waals surface area contributed by atoms with Crippen LogP contribution in [0.2, 0.25) is 0 Å². The van der Waals surface area contributed by atoms with Gasteiger partial charge in [-0.1, -0.05) is 127 Å². The normalized spacial score (nSPS) is 13.2. The van der Waals surface area contributed by atoms with Gasteiger partial charge in [-0.2, -0.15) is 5.10 Å². The maximum atomic E-state index is 5.66. The van der Waals surface area contributed by atoms with Crippen molar-refractivity contribution in [3.63, 3.8) is 0 Å². The number of aromatic nitrogens is 5. The van der Waals surface area contributed by atoms with Crippen LogP contribution >= 0.6 is 0 Å². The lowest BCUT2D eigenvalue weighted by atomic mass is 9.77. The van der Waals surface area contributed by atoms with Crippen molar-refractivity contribution in [1.82, 2.24) is 29.6 Å². The summed E-state index contributed by atoms with van der Waals surface area (Å²) < 4.78 is 2.22. The fourth-order valence-corrected chi connectivity index (χ4v) is 8.26. The van der Waals surface area contributed by atoms with Crippen molar-refractivity contribution in [1.29, 1.82) is 0 Å². The molecule has 0 radical (unpaired) electrons. The number of benzene rings is 6. The number of nitrogens with zero attached hydrogens (tertiary/aromatic N) is 5. The highest BCUT2D eigenvalue weighted by molar-refractivity contribution is 5.99. The lowest BCUT2D eigenvalue weighted by Crippen LogP contribution is -2.38. The molecule has 6 aromatic carbocycles. The van der Waals surface area contributed by atoms with Gasteiger partial charge in [-0.3, -0.25) is 9.88 Å². The highest BCUT2D eigenvalue weighted by atomic mass is 15.3. The zero-order valence-corrected chi connectivity index (χ0v) is 29.3. The summed E-state index contributed by atoms with van der Waals surface area (Å²) in [7, 11) is 2.17. The summed E-state index contributed by atoms with van der Waals surface area (Å²) in [6, 6.07) is 56.3. The number of pyridine rings is 1. The second-order valence-corrected chi connectivity index (χ2v) is 14.0. The minimum atomic E-state index is -0.803. The molecule has 254 valence electrons. The number of rotatable bonds is 4. The van der Waals surface area contributed by atoms with Gasteiger partial charge in [0.05, 0.1) is 16.6 Å². The van der Waals surface area contributed by atoms with Gasteiger partial charge in [-0.15, -0.1) is 0 Å². The van der Waals surface area contributed by atoms with Crippen LogP contribution in [0.5, 0.6) is 0 Å². The number of H-pyrrole nitrogens is 1. The van der Waals surface area contributed by atoms with Crippen molar-refractivity contribution in [2.24, 2.45) is 0 Å². The van der Waals surface area contributed by atoms with Crippen molar-refractivity contribution in [2.45, 2.75) is 18.6 Å². The van der Waals surface area contributed by atoms with Crippen LogP contribution in [0, 0.1) is 0 Å². The first kappa shape index (κ1) is 31.1. The van der Waals surface area contributed by atoms with E-state index in [1.807, 2.05) is 12.4 Å². The first-order valence-electron chi connectivity index (χ1n) is 18.1. The third-order valence-corrected chi connectivity index (χ3v) is 10.6. The Morgan fingerprint density at radius 2 is 1.25 bits per heavy atom. The molecule has 0 amide bonds. The van der Waals surface area contributed by atoms with Crippen LogP contribution in [0.1, 0.15) is 27.8 Å². The summed E-state index contributed by atoms with van der Waals surface area (Å²) in [4.78, 5) is 16.1. The summed E-state index contributed by atoms with van der Waals surface area (Å²) in [5.74, 6) is 0.725. The summed E-state index contributed by atoms with van der Waals surface area (Å²) in [6.45, 7) is 1.60. The SMILES string of the molecule is CN1Cc2cncc(c2)-c2ccc3c(c2)c(nn3C(c2ccccc2)(c2ccccc2)c2ccccc2)-c2nc3c(cccc3[nH]2)-c2cccc(c2)C1. The van der Waals surface area contributed by atoms with E-state index in [1.165, 1.54) is 5.56 Å². The van der Waals surface area contributed by atoms with Crippen LogP contribution in [0.25, 0.3) is 55.7 Å². The minimum absolute atomic E-state index is 0.725. The van der Waals surface area contributed by atoms with E-state index in [0.29, 0.717) is 0 Å². The Bertz CT molecular complexity index is 2650. The molecular weight excluding hydrogens is 649 g/mol. The van der Waals surface area contributed by atoms with Crippen LogP contribution < -0.4 is 0 Å². The van der Waals surface area contributed by atoms with Gasteiger partial charge in [-0.05, 0) is 76.3 Å². The van der Waals surface area contributed by atoms with Gasteiger partial charge >= 0.3 is 0 Å². The molecule has 1 aliphatic heterocycles. The van der Waals surface area contributed by atoms with Gasteiger partial charge in [-0.25, -0.2) is 9.67 Å². The Kier molecular flexibility index (Phi) is 7.37. The van der Waals surface area contributed by atoms with Crippen molar-refractivity contribution >= 4 is 21.9 Å². The van der Waals surface area contributed by atoms with E-state index in [-0.39, 0.29) is 0 Å². The number of hydrogen-bond donors (Lipinski definition) is 1. The molecule has 0 spiro atoms. The molecule has 0 atom stereocenters. The summed E-state index contributed by atoms with van der Waals surface area (Å²) in [5, 5.41) is 6.67. The number of hydrogen-bond acceptors (Lipinski definition) is 4. The molecule has 0 unspecified atom stereocenters. The van der Waals surface area contributed by atoms with Crippen molar-refractivity contribution < 1.29 is 0 Å². The smallest absolute Gasteiger partial charge is 0.159 e. The van der Waals surface area contributed by atoms with E-state index in [2.05, 4.69) is 179 Å². The van der Waals surface area contributed by atoms with E-state index < -0.39 is 5.54 Å². The Morgan fingerprint density at radius 1 is 0.585 bits per heavy atom. The topological polar surface area (TPSA) is 62.6 Å². The van der Waals surface area contributed by atoms with Gasteiger partial charge in [0.1, 0.15) is 11.2 Å². The average molecular weight is 685 g/mol. The van der Waals surface area contributed by atoms with Gasteiger partial charge in [0.2, 0.25) is 0 Å². The number of nitrogens with one attached hydrogen (secondary N) is 1. The third-order valence-electron chi connectivity index (χ3n) is 10.6. The second-order valence-electron chi connectivity index (χ2n) is 14.0. The number of para-hydroxylation sites is 1. The van der Waals surface area contributed by atoms with E-state index in [4.69, 9.17) is 15.1 Å². The molecule has 6 heteroatoms. The van der Waals surface area contributed by atoms with Crippen LogP contribution in [-0.4, -0.2) is 36.7 Å². The third kappa shape index (κ3) is 5.18. The Morgan fingerprint density at radius 3 is 1.96 bits per heavy atom. The van der Waals surface area contributed by atoms with Gasteiger partial charge in [0, 0.05) is 42.0 Å². The monoisotopic (exact) mass is 684 g/mol. The lowest BCUT2D eigenvalue weighted by molar-refractivity contribution is 0.319. The predicted octanol–water partition coefficient (Wildman–Crippen LogP) is 10.1. The van der Waals surface area contributed by atoms with Crippen molar-refractivity contribution in [3.8, 4) is 33.8 Å². The van der Waals surface area contributed by atoms with Crippen LogP contribution in [-0.2, 0) is 18.6 Å². The molecule has 6 nitrogen and oxygen atoms in total. The zero-order chi connectivity index (χ0) is 35.4. The fourth-order valence-electron chi connectivity index (χ4n) is 8.26. The largest absolute Gasteiger partial charge is 0.337 e. The molecule has 0 saturated carbocycles. The standard InChI is InChI=1S/C47H36N6/c1-52-30-32-13-11-14-35(25-32)40-21-12-22-42-44(40)50-46(49-42)45-41-27-34(36-26-33(31-52)28-48-29-36)23-24-43(41)53(51-45)47(37-15-5-2-6-16-37,38-17-7-3-8-18-38)39-19-9-4-10-20-39/h2-29H,30-31H2,1H3,(H,49,50). The number of imidazole rings is 1. The summed E-state index contributed by atoms with van der Waals surface area (Å²) in [5.41, 5.74) is 13.0. The Labute approximate surface area is 308 Å². The lowest BCUT2D eigenvalue weighted by Gasteiger charge is -2.37. The van der Waals surface area contributed by atoms with Gasteiger partial charge in [0.15, 0.2) is 5.82 Å². The molecular formula is C47H36N6. The van der Waals surface area contributed by atoms with E-state index >= 15 is 0 Å². The molecule has 10 rings (SSSR count). The molecule has 8 bridgehead atoms. The van der Waals surface area contributed by atoms with Crippen molar-refractivity contribution in [2.75, 3.05) is 7.05 Å². The quantitative estimate of drug-likeness (QED) is 0.188. The number of aromatic amines is 1. The molecule has 1 aliphatic rings. The van der Waals surface area contributed by atoms with Crippen molar-refractivity contribution in [3.05, 3.63) is 198 Å². The molecule has 0 aliphatic carbocycles. The molecule has 9 aromatic rings. The van der Waals surface area contributed by atoms with Crippen LogP contribution in [0.3, 0.4) is 0 Å². The highest BCUT2D eigenvalue weighted by Crippen LogP contribution is 2.45. The highest BCUT2D eigenvalue weighted by Gasteiger charge is 2.41. The molecule has 1 N–H and O–H groups in total. The maximum absolute atomic E-state index is 5.66. The fraction of sp³-hybridized carbons (Fsp3) is 0.0851. The first-order chi connectivity index (χ1) is 26.1. The Balaban J connectivity index is 1.32. The van der Waals surface area contributed by atoms with Crippen LogP contribution in [0.4, 0.5) is 0 Å². The summed E-state index contributed by atoms with van der Waals surface area (Å²) >= 11 is 0. The zero-order valence-electron chi connectivity index (χ0n) is 29.3. The van der Waals surface area contributed by atoms with Crippen LogP contribution in [0.15, 0.2) is 170 Å². The summed E-state index contributed by atoms with van der Waals surface area (Å²) in [6.07, 6.45) is 3.94. The van der Waals surface area contributed by atoms with E-state index in [1.54, 1.807) is 0 Å². The van der Waals surface area contributed by atoms with E-state index in [0.717, 1.165) is 91.1 Å². The van der Waals surface area contributed by atoms with Gasteiger partial charge in [0.25, 0.3) is 0 Å². The number of fused-ring (bicyclic) bond motifs is 9. The molecule has 0 fully saturated rings. The average Bonchev–Trinajstić information content (AvgIpc) is 3.81. The Hall–Kier alpha value is -6.63. The predicted molar refractivity (Wildman–Crippen MR) is 213 cm³/mol. The second kappa shape index (κ2) is 12.5. The molecule has 0 saturated heterocycles. The maximum Gasteiger partial charge on any atom is 0.159 e.